The molecule has 0 aromatic rings. The Bertz CT molecular complexity index is 532. The van der Waals surface area contributed by atoms with Crippen molar-refractivity contribution in [3.63, 3.8) is 0 Å². The summed E-state index contributed by atoms with van der Waals surface area (Å²) < 4.78 is 11.7. The Morgan fingerprint density at radius 3 is 2.42 bits per heavy atom. The molecule has 136 valence electrons. The fourth-order valence-corrected chi connectivity index (χ4v) is 5.13. The summed E-state index contributed by atoms with van der Waals surface area (Å²) >= 11 is 0. The summed E-state index contributed by atoms with van der Waals surface area (Å²) in [7, 11) is -0.547. The van der Waals surface area contributed by atoms with Gasteiger partial charge in [-0.15, -0.1) is 0 Å². The number of hydrogen-bond acceptors (Lipinski definition) is 4. The fraction of sp³-hybridized carbons (Fsp3) is 0.789. The summed E-state index contributed by atoms with van der Waals surface area (Å²) in [6.45, 7) is 13.1. The number of ketones is 1. The van der Waals surface area contributed by atoms with Crippen LogP contribution in [0, 0.1) is 23.7 Å². The highest BCUT2D eigenvalue weighted by molar-refractivity contribution is 6.74. The third kappa shape index (κ3) is 3.52. The van der Waals surface area contributed by atoms with Crippen LogP contribution in [0.15, 0.2) is 12.2 Å². The van der Waals surface area contributed by atoms with Crippen molar-refractivity contribution in [2.45, 2.75) is 64.8 Å². The van der Waals surface area contributed by atoms with Crippen LogP contribution in [-0.4, -0.2) is 33.3 Å². The molecule has 5 atom stereocenters. The lowest BCUT2D eigenvalue weighted by atomic mass is 9.63. The molecule has 0 spiro atoms. The molecule has 2 aliphatic rings. The average molecular weight is 353 g/mol. The van der Waals surface area contributed by atoms with E-state index in [0.717, 1.165) is 0 Å². The zero-order chi connectivity index (χ0) is 18.3. The molecule has 0 unspecified atom stereocenters. The van der Waals surface area contributed by atoms with Crippen LogP contribution in [0.25, 0.3) is 0 Å². The smallest absolute Gasteiger partial charge is 0.309 e. The molecule has 0 heterocycles. The topological polar surface area (TPSA) is 52.6 Å². The van der Waals surface area contributed by atoms with Gasteiger partial charge in [-0.2, -0.15) is 0 Å². The second-order valence-electron chi connectivity index (χ2n) is 8.82. The van der Waals surface area contributed by atoms with Crippen LogP contribution in [0.3, 0.4) is 0 Å². The Morgan fingerprint density at radius 2 is 1.88 bits per heavy atom. The van der Waals surface area contributed by atoms with Crippen LogP contribution in [0.1, 0.15) is 40.5 Å². The van der Waals surface area contributed by atoms with E-state index in [1.54, 1.807) is 0 Å². The highest BCUT2D eigenvalue weighted by Gasteiger charge is 2.51. The molecule has 0 saturated heterocycles. The second kappa shape index (κ2) is 6.75. The maximum atomic E-state index is 12.5. The summed E-state index contributed by atoms with van der Waals surface area (Å²) in [6.07, 6.45) is 5.19. The Balaban J connectivity index is 2.36. The van der Waals surface area contributed by atoms with E-state index in [9.17, 15) is 9.59 Å². The predicted molar refractivity (Wildman–Crippen MR) is 97.1 cm³/mol. The zero-order valence-corrected chi connectivity index (χ0v) is 17.1. The molecule has 0 aromatic carbocycles. The average Bonchev–Trinajstić information content (AvgIpc) is 2.48. The Kier molecular flexibility index (Phi) is 5.45. The van der Waals surface area contributed by atoms with E-state index in [0.29, 0.717) is 12.8 Å². The Hall–Kier alpha value is -0.943. The molecule has 0 amide bonds. The van der Waals surface area contributed by atoms with Gasteiger partial charge in [-0.3, -0.25) is 9.59 Å². The van der Waals surface area contributed by atoms with Crippen LogP contribution in [0.4, 0.5) is 0 Å². The Labute approximate surface area is 147 Å². The van der Waals surface area contributed by atoms with Crippen molar-refractivity contribution in [1.29, 1.82) is 0 Å². The van der Waals surface area contributed by atoms with Gasteiger partial charge in [-0.1, -0.05) is 39.8 Å². The van der Waals surface area contributed by atoms with E-state index in [4.69, 9.17) is 9.16 Å². The number of allylic oxidation sites excluding steroid dienone is 2. The summed E-state index contributed by atoms with van der Waals surface area (Å²) in [5.41, 5.74) is 0. The number of esters is 1. The van der Waals surface area contributed by atoms with Gasteiger partial charge in [-0.05, 0) is 30.5 Å². The van der Waals surface area contributed by atoms with E-state index in [-0.39, 0.29) is 46.6 Å². The number of carbonyl (C=O) groups excluding carboxylic acids is 2. The third-order valence-electron chi connectivity index (χ3n) is 6.22. The van der Waals surface area contributed by atoms with Crippen molar-refractivity contribution in [1.82, 2.24) is 0 Å². The number of ether oxygens (including phenoxy) is 1. The zero-order valence-electron chi connectivity index (χ0n) is 16.1. The van der Waals surface area contributed by atoms with E-state index in [2.05, 4.69) is 33.9 Å². The van der Waals surface area contributed by atoms with Crippen molar-refractivity contribution >= 4 is 20.1 Å². The van der Waals surface area contributed by atoms with Crippen LogP contribution in [0.2, 0.25) is 18.1 Å². The molecule has 0 radical (unpaired) electrons. The van der Waals surface area contributed by atoms with Crippen LogP contribution >= 0.6 is 0 Å². The second-order valence-corrected chi connectivity index (χ2v) is 13.6. The highest BCUT2D eigenvalue weighted by Crippen LogP contribution is 2.46. The van der Waals surface area contributed by atoms with Gasteiger partial charge in [-0.25, -0.2) is 0 Å². The molecule has 0 bridgehead atoms. The number of rotatable bonds is 3. The number of Topliss-reactive ketones (excluding diaryl/α,β-unsaturated/α-hetero) is 1. The summed E-state index contributed by atoms with van der Waals surface area (Å²) in [4.78, 5) is 24.9. The maximum absolute atomic E-state index is 12.5. The largest absolute Gasteiger partial charge is 0.469 e. The molecule has 2 aliphatic carbocycles. The normalized spacial score (nSPS) is 34.0. The first-order chi connectivity index (χ1) is 11.0. The minimum absolute atomic E-state index is 0.0508. The lowest BCUT2D eigenvalue weighted by Gasteiger charge is -2.48. The molecule has 1 fully saturated rings. The first-order valence-electron chi connectivity index (χ1n) is 8.96. The van der Waals surface area contributed by atoms with Crippen LogP contribution < -0.4 is 0 Å². The highest BCUT2D eigenvalue weighted by atomic mass is 28.4. The molecule has 2 rings (SSSR count). The lowest BCUT2D eigenvalue weighted by Crippen LogP contribution is -2.54. The molecule has 4 nitrogen and oxygen atoms in total. The van der Waals surface area contributed by atoms with E-state index >= 15 is 0 Å². The van der Waals surface area contributed by atoms with E-state index in [1.165, 1.54) is 7.11 Å². The van der Waals surface area contributed by atoms with E-state index < -0.39 is 8.32 Å². The molecule has 0 aromatic heterocycles. The van der Waals surface area contributed by atoms with Crippen molar-refractivity contribution < 1.29 is 18.8 Å². The van der Waals surface area contributed by atoms with Gasteiger partial charge in [0.25, 0.3) is 0 Å². The fourth-order valence-electron chi connectivity index (χ4n) is 3.75. The minimum atomic E-state index is -1.97. The number of fused-ring (bicyclic) bond motifs is 1. The molecular weight excluding hydrogens is 320 g/mol. The van der Waals surface area contributed by atoms with Gasteiger partial charge in [0.2, 0.25) is 0 Å². The summed E-state index contributed by atoms with van der Waals surface area (Å²) in [6, 6.07) is 0. The number of methoxy groups -OCH3 is 1. The SMILES string of the molecule is COC(=O)[C@@H]1[C@H]2[C@@H](O[Si](C)(C)C(C)(C)C)CCC(=O)[C@@H]2C=C[C@@H]1C. The van der Waals surface area contributed by atoms with Crippen molar-refractivity contribution in [3.8, 4) is 0 Å². The van der Waals surface area contributed by atoms with Gasteiger partial charge < -0.3 is 9.16 Å². The van der Waals surface area contributed by atoms with Crippen molar-refractivity contribution in [2.75, 3.05) is 7.11 Å². The monoisotopic (exact) mass is 352 g/mol. The lowest BCUT2D eigenvalue weighted by molar-refractivity contribution is -0.155. The third-order valence-corrected chi connectivity index (χ3v) is 10.7. The van der Waals surface area contributed by atoms with Crippen molar-refractivity contribution in [2.24, 2.45) is 23.7 Å². The first-order valence-corrected chi connectivity index (χ1v) is 11.9. The molecule has 1 saturated carbocycles. The number of hydrogen-bond donors (Lipinski definition) is 0. The van der Waals surface area contributed by atoms with Gasteiger partial charge in [0.15, 0.2) is 8.32 Å². The molecule has 5 heteroatoms. The quantitative estimate of drug-likeness (QED) is 0.438. The molecule has 0 aliphatic heterocycles. The molecule has 24 heavy (non-hydrogen) atoms. The Morgan fingerprint density at radius 1 is 1.25 bits per heavy atom. The van der Waals surface area contributed by atoms with Gasteiger partial charge >= 0.3 is 5.97 Å². The van der Waals surface area contributed by atoms with Crippen molar-refractivity contribution in [3.05, 3.63) is 12.2 Å². The summed E-state index contributed by atoms with van der Waals surface area (Å²) in [5.74, 6) is -0.548. The number of carbonyl (C=O) groups is 2. The molecule has 0 N–H and O–H groups in total. The van der Waals surface area contributed by atoms with E-state index in [1.807, 2.05) is 19.1 Å². The maximum Gasteiger partial charge on any atom is 0.309 e. The first kappa shape index (κ1) is 19.4. The molecular formula is C19H32O4Si. The standard InChI is InChI=1S/C19H32O4Si/c1-12-8-9-13-14(20)10-11-15(17(13)16(12)18(21)22-5)23-24(6,7)19(2,3)4/h8-9,12-13,15-17H,10-11H2,1-7H3/t12-,13-,15-,16-,17+/m0/s1. The van der Waals surface area contributed by atoms with Crippen LogP contribution in [0.5, 0.6) is 0 Å². The van der Waals surface area contributed by atoms with Gasteiger partial charge in [0.1, 0.15) is 5.78 Å². The summed E-state index contributed by atoms with van der Waals surface area (Å²) in [5, 5.41) is 0.0981. The minimum Gasteiger partial charge on any atom is -0.469 e. The van der Waals surface area contributed by atoms with Gasteiger partial charge in [0.05, 0.1) is 19.1 Å². The van der Waals surface area contributed by atoms with Gasteiger partial charge in [0, 0.05) is 18.3 Å². The predicted octanol–water partition coefficient (Wildman–Crippen LogP) is 3.97. The van der Waals surface area contributed by atoms with Crippen LogP contribution in [-0.2, 0) is 18.8 Å².